The van der Waals surface area contributed by atoms with Crippen LogP contribution in [0.5, 0.6) is 0 Å². The second kappa shape index (κ2) is 7.53. The Hall–Kier alpha value is -3.69. The van der Waals surface area contributed by atoms with Crippen LogP contribution in [0.25, 0.3) is 0 Å². The van der Waals surface area contributed by atoms with Crippen molar-refractivity contribution in [3.8, 4) is 0 Å². The van der Waals surface area contributed by atoms with Crippen molar-refractivity contribution in [2.45, 2.75) is 31.6 Å². The van der Waals surface area contributed by atoms with Gasteiger partial charge < -0.3 is 10.2 Å². The fourth-order valence-corrected chi connectivity index (χ4v) is 3.78. The first kappa shape index (κ1) is 20.6. The normalized spacial score (nSPS) is 18.6. The number of carbonyl (C=O) groups is 4. The summed E-state index contributed by atoms with van der Waals surface area (Å²) in [4.78, 5) is 49.9. The molecule has 0 bridgehead atoms. The highest BCUT2D eigenvalue weighted by atomic mass is 19.4. The van der Waals surface area contributed by atoms with Crippen molar-refractivity contribution in [2.75, 3.05) is 5.32 Å². The second-order valence-corrected chi connectivity index (χ2v) is 7.27. The third kappa shape index (κ3) is 3.88. The van der Waals surface area contributed by atoms with E-state index in [1.807, 2.05) is 0 Å². The molecule has 1 fully saturated rings. The monoisotopic (exact) mass is 431 g/mol. The molecule has 2 aromatic rings. The summed E-state index contributed by atoms with van der Waals surface area (Å²) in [7, 11) is 0. The topological polar surface area (TPSA) is 95.6 Å². The molecule has 1 saturated heterocycles. The van der Waals surface area contributed by atoms with Crippen molar-refractivity contribution >= 4 is 29.3 Å². The van der Waals surface area contributed by atoms with Crippen molar-refractivity contribution in [1.29, 1.82) is 0 Å². The van der Waals surface area contributed by atoms with E-state index in [1.54, 1.807) is 0 Å². The minimum absolute atomic E-state index is 0.0866. The molecule has 0 radical (unpaired) electrons. The quantitative estimate of drug-likeness (QED) is 0.731. The fourth-order valence-electron chi connectivity index (χ4n) is 3.78. The van der Waals surface area contributed by atoms with E-state index < -0.39 is 41.1 Å². The summed E-state index contributed by atoms with van der Waals surface area (Å²) in [6, 6.07) is 8.02. The number of hydrogen-bond acceptors (Lipinski definition) is 4. The van der Waals surface area contributed by atoms with Gasteiger partial charge in [-0.05, 0) is 42.3 Å². The van der Waals surface area contributed by atoms with Gasteiger partial charge in [0, 0.05) is 24.2 Å². The molecule has 31 heavy (non-hydrogen) atoms. The van der Waals surface area contributed by atoms with E-state index in [4.69, 9.17) is 0 Å². The summed E-state index contributed by atoms with van der Waals surface area (Å²) < 4.78 is 39.5. The fraction of sp³-hybridized carbons (Fsp3) is 0.238. The number of benzene rings is 2. The lowest BCUT2D eigenvalue weighted by Crippen LogP contribution is -2.52. The zero-order chi connectivity index (χ0) is 22.3. The smallest absolute Gasteiger partial charge is 0.322 e. The first-order valence-corrected chi connectivity index (χ1v) is 9.40. The van der Waals surface area contributed by atoms with Gasteiger partial charge in [-0.3, -0.25) is 24.5 Å². The molecular weight excluding hydrogens is 415 g/mol. The Morgan fingerprint density at radius 3 is 2.55 bits per heavy atom. The SMILES string of the molecule is O=C1CCC(N2Cc3cc(NC(=O)c4ccccc4C(F)(F)F)ccc3C2=O)C(=O)N1. The Morgan fingerprint density at radius 2 is 1.84 bits per heavy atom. The summed E-state index contributed by atoms with van der Waals surface area (Å²) in [5.74, 6) is -2.26. The van der Waals surface area contributed by atoms with Gasteiger partial charge in [-0.2, -0.15) is 13.2 Å². The maximum atomic E-state index is 13.2. The van der Waals surface area contributed by atoms with E-state index in [0.717, 1.165) is 12.1 Å². The number of nitrogens with zero attached hydrogens (tertiary/aromatic N) is 1. The van der Waals surface area contributed by atoms with Crippen LogP contribution < -0.4 is 10.6 Å². The number of carbonyl (C=O) groups excluding carboxylic acids is 4. The number of imide groups is 1. The van der Waals surface area contributed by atoms with Crippen LogP contribution in [0.15, 0.2) is 42.5 Å². The van der Waals surface area contributed by atoms with Gasteiger partial charge in [-0.1, -0.05) is 12.1 Å². The van der Waals surface area contributed by atoms with Crippen LogP contribution >= 0.6 is 0 Å². The van der Waals surface area contributed by atoms with Crippen LogP contribution in [0.1, 0.15) is 44.7 Å². The van der Waals surface area contributed by atoms with Gasteiger partial charge in [0.2, 0.25) is 11.8 Å². The highest BCUT2D eigenvalue weighted by Gasteiger charge is 2.39. The molecule has 2 aliphatic heterocycles. The Labute approximate surface area is 174 Å². The Kier molecular flexibility index (Phi) is 5.00. The molecule has 160 valence electrons. The largest absolute Gasteiger partial charge is 0.417 e. The highest BCUT2D eigenvalue weighted by Crippen LogP contribution is 2.33. The van der Waals surface area contributed by atoms with Gasteiger partial charge in [-0.15, -0.1) is 0 Å². The lowest BCUT2D eigenvalue weighted by atomic mass is 10.0. The molecule has 10 heteroatoms. The van der Waals surface area contributed by atoms with E-state index in [1.165, 1.54) is 35.2 Å². The van der Waals surface area contributed by atoms with Gasteiger partial charge in [0.15, 0.2) is 0 Å². The molecule has 0 aliphatic carbocycles. The molecule has 1 atom stereocenters. The van der Waals surface area contributed by atoms with Crippen LogP contribution in [0.4, 0.5) is 18.9 Å². The lowest BCUT2D eigenvalue weighted by molar-refractivity contribution is -0.138. The van der Waals surface area contributed by atoms with Crippen LogP contribution in [0.3, 0.4) is 0 Å². The van der Waals surface area contributed by atoms with Crippen LogP contribution in [0, 0.1) is 0 Å². The number of halogens is 3. The zero-order valence-electron chi connectivity index (χ0n) is 16.0. The molecule has 2 N–H and O–H groups in total. The number of hydrogen-bond donors (Lipinski definition) is 2. The lowest BCUT2D eigenvalue weighted by Gasteiger charge is -2.29. The van der Waals surface area contributed by atoms with Crippen LogP contribution in [-0.2, 0) is 22.3 Å². The molecule has 1 unspecified atom stereocenters. The third-order valence-corrected chi connectivity index (χ3v) is 5.26. The van der Waals surface area contributed by atoms with Crippen LogP contribution in [-0.4, -0.2) is 34.6 Å². The van der Waals surface area contributed by atoms with Crippen molar-refractivity contribution in [3.63, 3.8) is 0 Å². The van der Waals surface area contributed by atoms with E-state index in [0.29, 0.717) is 11.1 Å². The molecule has 0 aromatic heterocycles. The summed E-state index contributed by atoms with van der Waals surface area (Å²) in [6.45, 7) is 0.0866. The average Bonchev–Trinajstić information content (AvgIpc) is 3.03. The van der Waals surface area contributed by atoms with Crippen molar-refractivity contribution in [3.05, 3.63) is 64.7 Å². The van der Waals surface area contributed by atoms with E-state index >= 15 is 0 Å². The van der Waals surface area contributed by atoms with Crippen molar-refractivity contribution < 1.29 is 32.3 Å². The number of alkyl halides is 3. The number of amides is 4. The van der Waals surface area contributed by atoms with Crippen molar-refractivity contribution in [2.24, 2.45) is 0 Å². The predicted octanol–water partition coefficient (Wildman–Crippen LogP) is 2.72. The van der Waals surface area contributed by atoms with E-state index in [9.17, 15) is 32.3 Å². The first-order valence-electron chi connectivity index (χ1n) is 9.40. The van der Waals surface area contributed by atoms with E-state index in [-0.39, 0.29) is 31.0 Å². The summed E-state index contributed by atoms with van der Waals surface area (Å²) in [6.07, 6.45) is -4.35. The molecule has 2 aromatic carbocycles. The number of anilines is 1. The standard InChI is InChI=1S/C21H16F3N3O4/c22-21(23,24)15-4-2-1-3-14(15)18(29)25-12-5-6-13-11(9-12)10-27(20(13)31)16-7-8-17(28)26-19(16)30/h1-6,9,16H,7-8,10H2,(H,25,29)(H,26,28,30). The first-order chi connectivity index (χ1) is 14.6. The number of fused-ring (bicyclic) bond motifs is 1. The highest BCUT2D eigenvalue weighted by molar-refractivity contribution is 6.07. The minimum atomic E-state index is -4.68. The van der Waals surface area contributed by atoms with Gasteiger partial charge in [0.1, 0.15) is 6.04 Å². The van der Waals surface area contributed by atoms with Gasteiger partial charge in [-0.25, -0.2) is 0 Å². The second-order valence-electron chi connectivity index (χ2n) is 7.27. The molecular formula is C21H16F3N3O4. The molecule has 4 amide bonds. The minimum Gasteiger partial charge on any atom is -0.322 e. The molecule has 7 nitrogen and oxygen atoms in total. The summed E-state index contributed by atoms with van der Waals surface area (Å²) >= 11 is 0. The Morgan fingerprint density at radius 1 is 1.10 bits per heavy atom. The van der Waals surface area contributed by atoms with Crippen molar-refractivity contribution in [1.82, 2.24) is 10.2 Å². The van der Waals surface area contributed by atoms with Gasteiger partial charge >= 0.3 is 6.18 Å². The number of rotatable bonds is 3. The molecule has 4 rings (SSSR count). The third-order valence-electron chi connectivity index (χ3n) is 5.26. The number of piperidine rings is 1. The molecule has 0 saturated carbocycles. The summed E-state index contributed by atoms with van der Waals surface area (Å²) in [5.41, 5.74) is -0.488. The Bertz CT molecular complexity index is 1110. The Balaban J connectivity index is 1.54. The van der Waals surface area contributed by atoms with Gasteiger partial charge in [0.25, 0.3) is 11.8 Å². The zero-order valence-corrected chi connectivity index (χ0v) is 16.0. The molecule has 0 spiro atoms. The summed E-state index contributed by atoms with van der Waals surface area (Å²) in [5, 5.41) is 4.64. The maximum absolute atomic E-state index is 13.2. The van der Waals surface area contributed by atoms with Gasteiger partial charge in [0.05, 0.1) is 11.1 Å². The van der Waals surface area contributed by atoms with Crippen LogP contribution in [0.2, 0.25) is 0 Å². The van der Waals surface area contributed by atoms with E-state index in [2.05, 4.69) is 10.6 Å². The number of nitrogens with one attached hydrogen (secondary N) is 2. The predicted molar refractivity (Wildman–Crippen MR) is 102 cm³/mol. The average molecular weight is 431 g/mol. The molecule has 2 heterocycles. The maximum Gasteiger partial charge on any atom is 0.417 e. The molecule has 2 aliphatic rings.